The molecule has 282 valence electrons. The Morgan fingerprint density at radius 1 is 0.833 bits per heavy atom. The van der Waals surface area contributed by atoms with Gasteiger partial charge in [0.15, 0.2) is 5.78 Å². The molecule has 17 heteroatoms. The highest BCUT2D eigenvalue weighted by Crippen LogP contribution is 2.31. The monoisotopic (exact) mass is 753 g/mol. The third-order valence-electron chi connectivity index (χ3n) is 8.80. The molecular weight excluding hydrogens is 711 g/mol. The number of ether oxygens (including phenoxy) is 1. The van der Waals surface area contributed by atoms with E-state index in [1.165, 1.54) is 11.3 Å². The molecule has 0 aliphatic heterocycles. The lowest BCUT2D eigenvalue weighted by atomic mass is 10.1. The lowest BCUT2D eigenvalue weighted by Crippen LogP contribution is -2.20. The zero-order valence-electron chi connectivity index (χ0n) is 30.9. The fourth-order valence-electron chi connectivity index (χ4n) is 6.23. The molecule has 3 amide bonds. The molecule has 0 saturated carbocycles. The Morgan fingerprint density at radius 2 is 1.50 bits per heavy atom. The molecule has 16 nitrogen and oxygen atoms in total. The maximum atomic E-state index is 13.7. The highest BCUT2D eigenvalue weighted by atomic mass is 32.1. The lowest BCUT2D eigenvalue weighted by molar-refractivity contribution is 0.0975. The maximum Gasteiger partial charge on any atom is 0.276 e. The van der Waals surface area contributed by atoms with E-state index in [2.05, 4.69) is 27.4 Å². The molecule has 5 heterocycles. The zero-order valence-corrected chi connectivity index (χ0v) is 31.7. The summed E-state index contributed by atoms with van der Waals surface area (Å²) in [4.78, 5) is 61.9. The average molecular weight is 754 g/mol. The topological polar surface area (TPSA) is 213 Å². The second-order valence-corrected chi connectivity index (χ2v) is 13.8. The van der Waals surface area contributed by atoms with Crippen molar-refractivity contribution < 1.29 is 23.9 Å². The number of aryl methyl sites for hydroxylation is 4. The van der Waals surface area contributed by atoms with Crippen molar-refractivity contribution in [1.29, 1.82) is 0 Å². The first-order valence-electron chi connectivity index (χ1n) is 17.8. The van der Waals surface area contributed by atoms with E-state index in [0.717, 1.165) is 18.5 Å². The molecule has 6 rings (SSSR count). The van der Waals surface area contributed by atoms with Crippen molar-refractivity contribution in [3.8, 4) is 5.75 Å². The number of unbranched alkanes of at least 4 members (excludes halogenated alkanes) is 1. The summed E-state index contributed by atoms with van der Waals surface area (Å²) in [7, 11) is 0. The van der Waals surface area contributed by atoms with Crippen molar-refractivity contribution in [2.24, 2.45) is 11.5 Å². The molecule has 6 aromatic rings. The normalized spacial score (nSPS) is 11.6. The van der Waals surface area contributed by atoms with Gasteiger partial charge in [-0.1, -0.05) is 25.5 Å². The number of carbonyl (C=O) groups excluding carboxylic acids is 4. The van der Waals surface area contributed by atoms with Gasteiger partial charge in [-0.15, -0.1) is 11.3 Å². The van der Waals surface area contributed by atoms with Gasteiger partial charge in [0.2, 0.25) is 11.9 Å². The number of nitrogens with two attached hydrogens (primary N) is 2. The van der Waals surface area contributed by atoms with Crippen molar-refractivity contribution >= 4 is 62.2 Å². The molecule has 0 radical (unpaired) electrons. The average Bonchev–Trinajstić information content (AvgIpc) is 3.95. The second kappa shape index (κ2) is 15.9. The van der Waals surface area contributed by atoms with Crippen molar-refractivity contribution in [1.82, 2.24) is 38.7 Å². The lowest BCUT2D eigenvalue weighted by Gasteiger charge is -2.12. The first-order chi connectivity index (χ1) is 25.9. The van der Waals surface area contributed by atoms with E-state index < -0.39 is 11.8 Å². The van der Waals surface area contributed by atoms with Crippen LogP contribution in [0.3, 0.4) is 0 Å². The highest BCUT2D eigenvalue weighted by Gasteiger charge is 2.23. The Labute approximate surface area is 314 Å². The molecule has 1 aromatic carbocycles. The van der Waals surface area contributed by atoms with E-state index in [9.17, 15) is 19.2 Å². The maximum absolute atomic E-state index is 13.7. The number of hydrogen-bond donors (Lipinski definition) is 3. The number of nitrogens with zero attached hydrogens (tertiary/aromatic N) is 8. The van der Waals surface area contributed by atoms with Crippen LogP contribution in [-0.4, -0.2) is 68.8 Å². The van der Waals surface area contributed by atoms with Crippen molar-refractivity contribution in [2.75, 3.05) is 11.9 Å². The number of hydrogen-bond acceptors (Lipinski definition) is 10. The summed E-state index contributed by atoms with van der Waals surface area (Å²) in [6.45, 7) is 11.5. The van der Waals surface area contributed by atoms with Gasteiger partial charge >= 0.3 is 0 Å². The van der Waals surface area contributed by atoms with Gasteiger partial charge in [-0.25, -0.2) is 9.97 Å². The fraction of sp³-hybridized carbons (Fsp3) is 0.351. The highest BCUT2D eigenvalue weighted by molar-refractivity contribution is 7.20. The number of carbonyl (C=O) groups is 4. The third-order valence-corrected chi connectivity index (χ3v) is 9.96. The molecule has 0 unspecified atom stereocenters. The number of Topliss-reactive ketones (excluding diaryl/α,β-unsaturated/α-hetero) is 1. The fourth-order valence-corrected chi connectivity index (χ4v) is 7.19. The number of thiophene rings is 1. The van der Waals surface area contributed by atoms with Crippen molar-refractivity contribution in [3.63, 3.8) is 0 Å². The van der Waals surface area contributed by atoms with Gasteiger partial charge in [-0.2, -0.15) is 10.2 Å². The van der Waals surface area contributed by atoms with Crippen LogP contribution in [0.15, 0.2) is 42.5 Å². The number of nitrogens with one attached hydrogen (secondary N) is 1. The van der Waals surface area contributed by atoms with Gasteiger partial charge in [0.25, 0.3) is 11.8 Å². The number of amides is 3. The number of primary amides is 2. The van der Waals surface area contributed by atoms with Crippen LogP contribution in [0.25, 0.3) is 21.4 Å². The number of fused-ring (bicyclic) bond motifs is 2. The summed E-state index contributed by atoms with van der Waals surface area (Å²) in [5.41, 5.74) is 15.4. The smallest absolute Gasteiger partial charge is 0.276 e. The molecule has 0 spiro atoms. The quantitative estimate of drug-likeness (QED) is 0.0662. The summed E-state index contributed by atoms with van der Waals surface area (Å²) in [5.74, 6) is -0.543. The van der Waals surface area contributed by atoms with E-state index in [1.54, 1.807) is 44.3 Å². The molecule has 0 saturated heterocycles. The van der Waals surface area contributed by atoms with E-state index in [1.807, 2.05) is 44.4 Å². The zero-order chi connectivity index (χ0) is 38.7. The first kappa shape index (κ1) is 37.7. The second-order valence-electron chi connectivity index (χ2n) is 12.8. The summed E-state index contributed by atoms with van der Waals surface area (Å²) >= 11 is 1.18. The van der Waals surface area contributed by atoms with Gasteiger partial charge in [0.05, 0.1) is 34.8 Å². The number of rotatable bonds is 17. The van der Waals surface area contributed by atoms with Gasteiger partial charge < -0.3 is 20.8 Å². The minimum atomic E-state index is -0.622. The number of aromatic nitrogens is 8. The Balaban J connectivity index is 1.37. The Kier molecular flexibility index (Phi) is 11.1. The largest absolute Gasteiger partial charge is 0.491 e. The van der Waals surface area contributed by atoms with E-state index in [0.29, 0.717) is 74.6 Å². The molecule has 0 aliphatic carbocycles. The van der Waals surface area contributed by atoms with Crippen LogP contribution in [-0.2, 0) is 32.6 Å². The van der Waals surface area contributed by atoms with Crippen molar-refractivity contribution in [3.05, 3.63) is 81.5 Å². The first-order valence-corrected chi connectivity index (χ1v) is 18.6. The van der Waals surface area contributed by atoms with Crippen LogP contribution in [0, 0.1) is 13.8 Å². The Bertz CT molecular complexity index is 2430. The molecule has 0 bridgehead atoms. The van der Waals surface area contributed by atoms with Crippen LogP contribution < -0.4 is 21.5 Å². The molecule has 5 aromatic heterocycles. The Morgan fingerprint density at radius 3 is 2.15 bits per heavy atom. The van der Waals surface area contributed by atoms with Gasteiger partial charge in [-0.3, -0.25) is 38.4 Å². The van der Waals surface area contributed by atoms with Crippen LogP contribution in [0.1, 0.15) is 91.8 Å². The predicted octanol–water partition coefficient (Wildman–Crippen LogP) is 4.81. The van der Waals surface area contributed by atoms with E-state index in [-0.39, 0.29) is 42.7 Å². The number of benzene rings is 1. The van der Waals surface area contributed by atoms with E-state index in [4.69, 9.17) is 21.2 Å². The number of imidazole rings is 2. The van der Waals surface area contributed by atoms with Crippen LogP contribution in [0.2, 0.25) is 0 Å². The molecule has 54 heavy (non-hydrogen) atoms. The van der Waals surface area contributed by atoms with Gasteiger partial charge in [-0.05, 0) is 64.4 Å². The van der Waals surface area contributed by atoms with Crippen LogP contribution >= 0.6 is 11.3 Å². The van der Waals surface area contributed by atoms with Gasteiger partial charge in [0.1, 0.15) is 38.8 Å². The molecular formula is C37H43N11O5S. The van der Waals surface area contributed by atoms with E-state index >= 15 is 0 Å². The minimum Gasteiger partial charge on any atom is -0.491 e. The molecule has 5 N–H and O–H groups in total. The third kappa shape index (κ3) is 7.66. The summed E-state index contributed by atoms with van der Waals surface area (Å²) < 4.78 is 13.2. The van der Waals surface area contributed by atoms with Gasteiger partial charge in [0, 0.05) is 31.7 Å². The van der Waals surface area contributed by atoms with Crippen molar-refractivity contribution in [2.45, 2.75) is 80.1 Å². The molecule has 0 aliphatic rings. The molecule has 0 atom stereocenters. The standard InChI is InChI=1S/C37H43N11O5S/c1-6-9-14-53-29-18-23(33(38)50)17-24-32(29)45(31(40-24)20-28(49)26-15-21(4)43-47(26)7-2)12-10-11-13-46-36-25(19-30(54-36)34(39)51)41-37(46)42-35(52)27-16-22(5)44-48(27)8-3/h10-11,15-19H,6-9,12-14,20H2,1-5H3,(H2,38,50)(H2,39,51)(H,41,42,52)/b11-10+. The van der Waals surface area contributed by atoms with Crippen LogP contribution in [0.5, 0.6) is 5.75 Å². The number of allylic oxidation sites excluding steroid dienone is 2. The Hall–Kier alpha value is -6.10. The summed E-state index contributed by atoms with van der Waals surface area (Å²) in [5, 5.41) is 11.7. The van der Waals surface area contributed by atoms with Crippen LogP contribution in [0.4, 0.5) is 5.95 Å². The number of ketones is 1. The minimum absolute atomic E-state index is 0.0365. The number of anilines is 1. The SMILES string of the molecule is CCCCOc1cc(C(N)=O)cc2nc(CC(=O)c3cc(C)nn3CC)n(C/C=C/Cn3c(NC(=O)c4cc(C)nn4CC)nc4cc(C(N)=O)sc43)c12. The predicted molar refractivity (Wildman–Crippen MR) is 205 cm³/mol. The summed E-state index contributed by atoms with van der Waals surface area (Å²) in [6.07, 6.45) is 5.46. The molecule has 0 fully saturated rings. The summed E-state index contributed by atoms with van der Waals surface area (Å²) in [6, 6.07) is 8.29.